The van der Waals surface area contributed by atoms with Crippen LogP contribution in [0, 0.1) is 5.92 Å². The first kappa shape index (κ1) is 16.3. The number of halogens is 3. The van der Waals surface area contributed by atoms with Crippen molar-refractivity contribution in [3.05, 3.63) is 17.0 Å². The van der Waals surface area contributed by atoms with Crippen LogP contribution in [-0.2, 0) is 12.8 Å². The number of likely N-dealkylation sites (tertiary alicyclic amines) is 1. The maximum Gasteiger partial charge on any atom is 0.414 e. The van der Waals surface area contributed by atoms with Gasteiger partial charge in [0.1, 0.15) is 5.76 Å². The largest absolute Gasteiger partial charge is 0.414 e. The Kier molecular flexibility index (Phi) is 4.35. The smallest absolute Gasteiger partial charge is 0.383 e. The molecule has 1 aromatic rings. The van der Waals surface area contributed by atoms with Crippen LogP contribution < -0.4 is 0 Å². The number of nitrogens with zero attached hydrogens (tertiary/aromatic N) is 2. The highest BCUT2D eigenvalue weighted by Crippen LogP contribution is 2.32. The van der Waals surface area contributed by atoms with Crippen LogP contribution in [0.25, 0.3) is 0 Å². The number of amides is 1. The quantitative estimate of drug-likeness (QED) is 0.903. The zero-order chi connectivity index (χ0) is 16.6. The molecule has 1 aromatic heterocycles. The van der Waals surface area contributed by atoms with Crippen molar-refractivity contribution in [2.24, 2.45) is 5.92 Å². The van der Waals surface area contributed by atoms with Gasteiger partial charge in [0.25, 0.3) is 5.91 Å². The van der Waals surface area contributed by atoms with E-state index in [2.05, 4.69) is 5.16 Å². The second-order valence-corrected chi connectivity index (χ2v) is 6.26. The van der Waals surface area contributed by atoms with Crippen molar-refractivity contribution in [3.8, 4) is 0 Å². The minimum atomic E-state index is -4.61. The first-order valence-electron chi connectivity index (χ1n) is 7.89. The molecular weight excluding hydrogens is 313 g/mol. The fraction of sp³-hybridized carbons (Fsp3) is 0.733. The van der Waals surface area contributed by atoms with Crippen LogP contribution in [0.3, 0.4) is 0 Å². The summed E-state index contributed by atoms with van der Waals surface area (Å²) in [5.41, 5.74) is 1.15. The molecule has 0 bridgehead atoms. The van der Waals surface area contributed by atoms with Gasteiger partial charge in [-0.2, -0.15) is 13.2 Å². The topological polar surface area (TPSA) is 66.6 Å². The lowest BCUT2D eigenvalue weighted by Gasteiger charge is -2.34. The van der Waals surface area contributed by atoms with Crippen LogP contribution in [0.5, 0.6) is 0 Å². The van der Waals surface area contributed by atoms with Gasteiger partial charge in [0.05, 0.1) is 0 Å². The van der Waals surface area contributed by atoms with Gasteiger partial charge >= 0.3 is 6.18 Å². The van der Waals surface area contributed by atoms with E-state index in [4.69, 9.17) is 4.52 Å². The lowest BCUT2D eigenvalue weighted by atomic mass is 9.90. The SMILES string of the molecule is O=C(c1noc2c1CCCC2)N1CCC(C(O)C(F)(F)F)CC1. The zero-order valence-electron chi connectivity index (χ0n) is 12.6. The van der Waals surface area contributed by atoms with Crippen molar-refractivity contribution >= 4 is 5.91 Å². The fourth-order valence-corrected chi connectivity index (χ4v) is 3.39. The molecule has 1 amide bonds. The molecule has 0 spiro atoms. The Morgan fingerprint density at radius 3 is 2.57 bits per heavy atom. The van der Waals surface area contributed by atoms with Crippen LogP contribution in [0.2, 0.25) is 0 Å². The van der Waals surface area contributed by atoms with E-state index >= 15 is 0 Å². The minimum Gasteiger partial charge on any atom is -0.383 e. The molecule has 23 heavy (non-hydrogen) atoms. The van der Waals surface area contributed by atoms with Crippen LogP contribution in [0.1, 0.15) is 47.5 Å². The molecule has 1 fully saturated rings. The summed E-state index contributed by atoms with van der Waals surface area (Å²) < 4.78 is 42.9. The van der Waals surface area contributed by atoms with E-state index in [1.165, 1.54) is 4.90 Å². The van der Waals surface area contributed by atoms with E-state index in [0.717, 1.165) is 37.0 Å². The number of rotatable bonds is 2. The molecule has 0 aromatic carbocycles. The number of carbonyl (C=O) groups is 1. The summed E-state index contributed by atoms with van der Waals surface area (Å²) in [6.07, 6.45) is -3.15. The fourth-order valence-electron chi connectivity index (χ4n) is 3.39. The number of carbonyl (C=O) groups excluding carboxylic acids is 1. The first-order chi connectivity index (χ1) is 10.9. The Morgan fingerprint density at radius 1 is 1.26 bits per heavy atom. The van der Waals surface area contributed by atoms with E-state index in [0.29, 0.717) is 5.69 Å². The highest BCUT2D eigenvalue weighted by atomic mass is 19.4. The molecule has 3 rings (SSSR count). The molecule has 0 saturated carbocycles. The Balaban J connectivity index is 1.64. The van der Waals surface area contributed by atoms with Crippen LogP contribution in [0.15, 0.2) is 4.52 Å². The van der Waals surface area contributed by atoms with Crippen molar-refractivity contribution in [1.82, 2.24) is 10.1 Å². The molecule has 128 valence electrons. The average Bonchev–Trinajstić information content (AvgIpc) is 2.97. The van der Waals surface area contributed by atoms with Crippen LogP contribution in [0.4, 0.5) is 13.2 Å². The van der Waals surface area contributed by atoms with E-state index in [1.807, 2.05) is 0 Å². The van der Waals surface area contributed by atoms with Crippen molar-refractivity contribution in [1.29, 1.82) is 0 Å². The number of aryl methyl sites for hydroxylation is 1. The third kappa shape index (κ3) is 3.22. The molecule has 5 nitrogen and oxygen atoms in total. The molecule has 1 saturated heterocycles. The van der Waals surface area contributed by atoms with Crippen LogP contribution in [-0.4, -0.2) is 46.4 Å². The molecular formula is C15H19F3N2O3. The van der Waals surface area contributed by atoms with E-state index in [-0.39, 0.29) is 31.8 Å². The molecule has 8 heteroatoms. The summed E-state index contributed by atoms with van der Waals surface area (Å²) in [7, 11) is 0. The van der Waals surface area contributed by atoms with Gasteiger partial charge in [0.2, 0.25) is 0 Å². The molecule has 1 atom stereocenters. The van der Waals surface area contributed by atoms with Crippen LogP contribution >= 0.6 is 0 Å². The van der Waals surface area contributed by atoms with E-state index in [1.54, 1.807) is 0 Å². The molecule has 1 N–H and O–H groups in total. The van der Waals surface area contributed by atoms with Crippen molar-refractivity contribution in [3.63, 3.8) is 0 Å². The normalized spacial score (nSPS) is 21.1. The van der Waals surface area contributed by atoms with Crippen molar-refractivity contribution in [2.75, 3.05) is 13.1 Å². The summed E-state index contributed by atoms with van der Waals surface area (Å²) in [5.74, 6) is -0.385. The third-order valence-electron chi connectivity index (χ3n) is 4.76. The summed E-state index contributed by atoms with van der Waals surface area (Å²) in [6, 6.07) is 0. The number of hydrogen-bond donors (Lipinski definition) is 1. The molecule has 2 aliphatic rings. The van der Waals surface area contributed by atoms with Gasteiger partial charge < -0.3 is 14.5 Å². The lowest BCUT2D eigenvalue weighted by Crippen LogP contribution is -2.45. The van der Waals surface area contributed by atoms with Gasteiger partial charge in [-0.05, 0) is 38.0 Å². The van der Waals surface area contributed by atoms with E-state index in [9.17, 15) is 23.1 Å². The molecule has 2 heterocycles. The number of alkyl halides is 3. The predicted molar refractivity (Wildman–Crippen MR) is 73.8 cm³/mol. The Morgan fingerprint density at radius 2 is 1.91 bits per heavy atom. The number of fused-ring (bicyclic) bond motifs is 1. The molecule has 1 aliphatic heterocycles. The monoisotopic (exact) mass is 332 g/mol. The number of aliphatic hydroxyl groups is 1. The number of piperidine rings is 1. The van der Waals surface area contributed by atoms with Gasteiger partial charge in [-0.3, -0.25) is 4.79 Å². The highest BCUT2D eigenvalue weighted by molar-refractivity contribution is 5.94. The minimum absolute atomic E-state index is 0.131. The van der Waals surface area contributed by atoms with Gasteiger partial charge in [-0.1, -0.05) is 5.16 Å². The summed E-state index contributed by atoms with van der Waals surface area (Å²) in [6.45, 7) is 0.385. The maximum absolute atomic E-state index is 12.5. The Hall–Kier alpha value is -1.57. The van der Waals surface area contributed by atoms with Gasteiger partial charge in [0.15, 0.2) is 11.8 Å². The standard InChI is InChI=1S/C15H19F3N2O3/c16-15(17,18)13(21)9-5-7-20(8-6-9)14(22)12-10-3-1-2-4-11(10)23-19-12/h9,13,21H,1-8H2. The van der Waals surface area contributed by atoms with Gasteiger partial charge in [-0.25, -0.2) is 0 Å². The second-order valence-electron chi connectivity index (χ2n) is 6.26. The van der Waals surface area contributed by atoms with Crippen molar-refractivity contribution in [2.45, 2.75) is 50.8 Å². The third-order valence-corrected chi connectivity index (χ3v) is 4.76. The van der Waals surface area contributed by atoms with Gasteiger partial charge in [0, 0.05) is 25.1 Å². The Labute approximate surface area is 131 Å². The van der Waals surface area contributed by atoms with Gasteiger partial charge in [-0.15, -0.1) is 0 Å². The summed E-state index contributed by atoms with van der Waals surface area (Å²) >= 11 is 0. The second kappa shape index (κ2) is 6.14. The highest BCUT2D eigenvalue weighted by Gasteiger charge is 2.44. The lowest BCUT2D eigenvalue weighted by molar-refractivity contribution is -0.222. The van der Waals surface area contributed by atoms with Crippen molar-refractivity contribution < 1.29 is 27.6 Å². The first-order valence-corrected chi connectivity index (χ1v) is 7.89. The number of aliphatic hydroxyl groups excluding tert-OH is 1. The number of aromatic nitrogens is 1. The van der Waals surface area contributed by atoms with E-state index < -0.39 is 18.2 Å². The molecule has 1 aliphatic carbocycles. The maximum atomic E-state index is 12.5. The Bertz CT molecular complexity index is 577. The zero-order valence-corrected chi connectivity index (χ0v) is 12.6. The predicted octanol–water partition coefficient (Wildman–Crippen LogP) is 2.33. The number of hydrogen-bond acceptors (Lipinski definition) is 4. The molecule has 0 radical (unpaired) electrons. The summed E-state index contributed by atoms with van der Waals surface area (Å²) in [4.78, 5) is 14.0. The average molecular weight is 332 g/mol. The summed E-state index contributed by atoms with van der Waals surface area (Å²) in [5, 5.41) is 13.2. The molecule has 1 unspecified atom stereocenters.